The van der Waals surface area contributed by atoms with Crippen LogP contribution in [0.15, 0.2) is 83.3 Å². The van der Waals surface area contributed by atoms with E-state index in [2.05, 4.69) is 5.32 Å². The predicted molar refractivity (Wildman–Crippen MR) is 155 cm³/mol. The zero-order valence-electron chi connectivity index (χ0n) is 20.9. The molecule has 198 valence electrons. The number of carbonyl (C=O) groups is 2. The van der Waals surface area contributed by atoms with Crippen LogP contribution >= 0.6 is 24.0 Å². The average Bonchev–Trinajstić information content (AvgIpc) is 2.93. The normalized spacial score (nSPS) is 17.3. The lowest BCUT2D eigenvalue weighted by Gasteiger charge is -2.29. The molecule has 0 bridgehead atoms. The molecule has 2 aliphatic rings. The minimum absolute atomic E-state index is 0.0466. The van der Waals surface area contributed by atoms with Gasteiger partial charge in [-0.05, 0) is 79.2 Å². The highest BCUT2D eigenvalue weighted by Crippen LogP contribution is 2.37. The summed E-state index contributed by atoms with van der Waals surface area (Å²) in [5.41, 5.74) is 0.643. The minimum atomic E-state index is -0.648. The van der Waals surface area contributed by atoms with Crippen molar-refractivity contribution in [2.24, 2.45) is 0 Å². The maximum Gasteiger partial charge on any atom is 0.270 e. The number of rotatable bonds is 7. The number of benzene rings is 3. The third-order valence-corrected chi connectivity index (χ3v) is 8.24. The van der Waals surface area contributed by atoms with E-state index in [1.807, 2.05) is 30.3 Å². The molecule has 0 atom stereocenters. The lowest BCUT2D eigenvalue weighted by Crippen LogP contribution is -2.54. The van der Waals surface area contributed by atoms with Gasteiger partial charge in [-0.3, -0.25) is 29.9 Å². The first kappa shape index (κ1) is 26.6. The Balaban J connectivity index is 1.44. The van der Waals surface area contributed by atoms with Crippen molar-refractivity contribution in [3.05, 3.63) is 94.0 Å². The maximum absolute atomic E-state index is 13.6. The Hall–Kier alpha value is -4.02. The van der Waals surface area contributed by atoms with Gasteiger partial charge in [-0.1, -0.05) is 37.5 Å². The first-order chi connectivity index (χ1) is 18.9. The van der Waals surface area contributed by atoms with Crippen molar-refractivity contribution < 1.29 is 19.2 Å². The van der Waals surface area contributed by atoms with Crippen molar-refractivity contribution in [1.82, 2.24) is 5.32 Å². The van der Waals surface area contributed by atoms with Crippen LogP contribution in [0.3, 0.4) is 0 Å². The number of nitro groups is 1. The number of hydrogen-bond donors (Lipinski definition) is 1. The SMILES string of the molecule is O=C1NC(=S)N(c2ccc(Oc3ccccc3)cc2)C(=O)C1=Cc1cc([N+](=O)[O-])ccc1SC1CCCCC1. The highest BCUT2D eigenvalue weighted by Gasteiger charge is 2.35. The molecule has 1 N–H and O–H groups in total. The minimum Gasteiger partial charge on any atom is -0.457 e. The zero-order chi connectivity index (χ0) is 27.4. The number of ether oxygens (including phenoxy) is 1. The fourth-order valence-corrected chi connectivity index (χ4v) is 6.18. The number of non-ortho nitro benzene ring substituents is 1. The zero-order valence-corrected chi connectivity index (χ0v) is 22.5. The monoisotopic (exact) mass is 559 g/mol. The van der Waals surface area contributed by atoms with Crippen LogP contribution in [0.2, 0.25) is 0 Å². The number of nitrogens with zero attached hydrogens (tertiary/aromatic N) is 2. The summed E-state index contributed by atoms with van der Waals surface area (Å²) in [7, 11) is 0. The van der Waals surface area contributed by atoms with E-state index in [-0.39, 0.29) is 16.4 Å². The molecule has 39 heavy (non-hydrogen) atoms. The molecule has 3 aromatic rings. The fraction of sp³-hybridized carbons (Fsp3) is 0.207. The van der Waals surface area contributed by atoms with Crippen LogP contribution in [-0.2, 0) is 9.59 Å². The van der Waals surface area contributed by atoms with Gasteiger partial charge in [0.2, 0.25) is 0 Å². The van der Waals surface area contributed by atoms with E-state index in [1.165, 1.54) is 29.5 Å². The second-order valence-electron chi connectivity index (χ2n) is 9.22. The van der Waals surface area contributed by atoms with Crippen LogP contribution in [0, 0.1) is 10.1 Å². The molecular formula is C29H25N3O5S2. The molecule has 1 aliphatic carbocycles. The summed E-state index contributed by atoms with van der Waals surface area (Å²) < 4.78 is 5.82. The predicted octanol–water partition coefficient (Wildman–Crippen LogP) is 6.64. The topological polar surface area (TPSA) is 102 Å². The quantitative estimate of drug-likeness (QED) is 0.114. The Morgan fingerprint density at radius 3 is 2.36 bits per heavy atom. The van der Waals surface area contributed by atoms with Gasteiger partial charge in [0.25, 0.3) is 17.5 Å². The Kier molecular flexibility index (Phi) is 8.04. The van der Waals surface area contributed by atoms with E-state index in [0.717, 1.165) is 30.6 Å². The van der Waals surface area contributed by atoms with Crippen LogP contribution in [0.4, 0.5) is 11.4 Å². The summed E-state index contributed by atoms with van der Waals surface area (Å²) in [6.07, 6.45) is 7.04. The number of nitrogens with one attached hydrogen (secondary N) is 1. The lowest BCUT2D eigenvalue weighted by atomic mass is 10.0. The molecule has 0 radical (unpaired) electrons. The van der Waals surface area contributed by atoms with Crippen molar-refractivity contribution in [1.29, 1.82) is 0 Å². The van der Waals surface area contributed by atoms with Crippen molar-refractivity contribution in [2.45, 2.75) is 42.2 Å². The van der Waals surface area contributed by atoms with Gasteiger partial charge < -0.3 is 4.74 Å². The largest absolute Gasteiger partial charge is 0.457 e. The molecular weight excluding hydrogens is 534 g/mol. The van der Waals surface area contributed by atoms with Crippen LogP contribution in [0.1, 0.15) is 37.7 Å². The van der Waals surface area contributed by atoms with Crippen molar-refractivity contribution >= 4 is 58.4 Å². The van der Waals surface area contributed by atoms with E-state index < -0.39 is 16.7 Å². The number of para-hydroxylation sites is 1. The van der Waals surface area contributed by atoms with Crippen LogP contribution in [-0.4, -0.2) is 27.1 Å². The average molecular weight is 560 g/mol. The van der Waals surface area contributed by atoms with Gasteiger partial charge in [-0.25, -0.2) is 0 Å². The molecule has 1 aliphatic heterocycles. The van der Waals surface area contributed by atoms with E-state index in [0.29, 0.717) is 28.0 Å². The van der Waals surface area contributed by atoms with Crippen molar-refractivity contribution in [3.63, 3.8) is 0 Å². The van der Waals surface area contributed by atoms with Crippen molar-refractivity contribution in [2.75, 3.05) is 4.90 Å². The van der Waals surface area contributed by atoms with Gasteiger partial charge in [0.05, 0.1) is 10.6 Å². The van der Waals surface area contributed by atoms with E-state index in [4.69, 9.17) is 17.0 Å². The summed E-state index contributed by atoms with van der Waals surface area (Å²) in [6.45, 7) is 0. The van der Waals surface area contributed by atoms with Gasteiger partial charge in [0, 0.05) is 22.3 Å². The molecule has 1 heterocycles. The first-order valence-electron chi connectivity index (χ1n) is 12.6. The van der Waals surface area contributed by atoms with Gasteiger partial charge in [0.15, 0.2) is 5.11 Å². The second-order valence-corrected chi connectivity index (χ2v) is 11.0. The summed E-state index contributed by atoms with van der Waals surface area (Å²) in [5.74, 6) is -0.0155. The Morgan fingerprint density at radius 2 is 1.67 bits per heavy atom. The third-order valence-electron chi connectivity index (χ3n) is 6.53. The standard InChI is InChI=1S/C29H25N3O5S2/c33-27-25(18-19-17-21(32(35)36)13-16-26(19)39-24-9-5-2-6-10-24)28(34)31(29(38)30-27)20-11-14-23(15-12-20)37-22-7-3-1-4-8-22/h1,3-4,7-8,11-18,24H,2,5-6,9-10H2,(H,30,33,38). The van der Waals surface area contributed by atoms with E-state index in [1.54, 1.807) is 42.1 Å². The summed E-state index contributed by atoms with van der Waals surface area (Å²) in [4.78, 5) is 39.5. The molecule has 10 heteroatoms. The van der Waals surface area contributed by atoms with Gasteiger partial charge in [-0.2, -0.15) is 0 Å². The summed E-state index contributed by atoms with van der Waals surface area (Å²) >= 11 is 6.97. The number of thiocarbonyl (C=S) groups is 1. The number of thioether (sulfide) groups is 1. The number of nitro benzene ring substituents is 1. The van der Waals surface area contributed by atoms with Crippen LogP contribution in [0.25, 0.3) is 6.08 Å². The Labute approximate surface area is 235 Å². The molecule has 1 saturated carbocycles. The van der Waals surface area contributed by atoms with E-state index >= 15 is 0 Å². The molecule has 0 spiro atoms. The van der Waals surface area contributed by atoms with Crippen LogP contribution in [0.5, 0.6) is 11.5 Å². The van der Waals surface area contributed by atoms with Gasteiger partial charge >= 0.3 is 0 Å². The van der Waals surface area contributed by atoms with Gasteiger partial charge in [0.1, 0.15) is 17.1 Å². The molecule has 3 aromatic carbocycles. The second kappa shape index (κ2) is 11.8. The van der Waals surface area contributed by atoms with Gasteiger partial charge in [-0.15, -0.1) is 11.8 Å². The molecule has 0 unspecified atom stereocenters. The molecule has 5 rings (SSSR count). The summed E-state index contributed by atoms with van der Waals surface area (Å²) in [5, 5.41) is 14.4. The van der Waals surface area contributed by atoms with Crippen molar-refractivity contribution in [3.8, 4) is 11.5 Å². The fourth-order valence-electron chi connectivity index (χ4n) is 4.57. The first-order valence-corrected chi connectivity index (χ1v) is 13.9. The number of carbonyl (C=O) groups excluding carboxylic acids is 2. The number of amides is 2. The Morgan fingerprint density at radius 1 is 0.974 bits per heavy atom. The Bertz CT molecular complexity index is 1450. The third kappa shape index (κ3) is 6.18. The highest BCUT2D eigenvalue weighted by molar-refractivity contribution is 8.00. The molecule has 1 saturated heterocycles. The molecule has 2 amide bonds. The van der Waals surface area contributed by atoms with E-state index in [9.17, 15) is 19.7 Å². The maximum atomic E-state index is 13.6. The highest BCUT2D eigenvalue weighted by atomic mass is 32.2. The molecule has 2 fully saturated rings. The number of anilines is 1. The smallest absolute Gasteiger partial charge is 0.270 e. The molecule has 0 aromatic heterocycles. The molecule has 8 nitrogen and oxygen atoms in total. The van der Waals surface area contributed by atoms with Crippen LogP contribution < -0.4 is 15.0 Å². The summed E-state index contributed by atoms with van der Waals surface area (Å²) in [6, 6.07) is 20.6. The number of hydrogen-bond acceptors (Lipinski definition) is 7. The lowest BCUT2D eigenvalue weighted by molar-refractivity contribution is -0.384.